The molecule has 0 saturated heterocycles. The minimum Gasteiger partial charge on any atom is -0.315 e. The average molecular weight is 331 g/mol. The number of halogens is 3. The van der Waals surface area contributed by atoms with Crippen LogP contribution in [0, 0.1) is 0 Å². The van der Waals surface area contributed by atoms with Gasteiger partial charge in [0.2, 0.25) is 5.91 Å². The standard InChI is InChI=1S/C17H12F3N3O/c1-22-14-6-5-10(7-11(14)8-16(22)24)12-3-2-4-15-13(12)9-21-23(15)17(18,19)20/h2-7,9H,8H2,1H3. The van der Waals surface area contributed by atoms with Gasteiger partial charge >= 0.3 is 6.30 Å². The van der Waals surface area contributed by atoms with Crippen molar-refractivity contribution in [2.75, 3.05) is 11.9 Å². The second-order valence-corrected chi connectivity index (χ2v) is 5.74. The zero-order valence-electron chi connectivity index (χ0n) is 12.6. The average Bonchev–Trinajstić information content (AvgIpc) is 3.08. The minimum absolute atomic E-state index is 0.00486. The molecule has 122 valence electrons. The summed E-state index contributed by atoms with van der Waals surface area (Å²) in [6, 6.07) is 10.2. The maximum atomic E-state index is 13.0. The molecule has 4 rings (SSSR count). The Kier molecular flexibility index (Phi) is 2.97. The lowest BCUT2D eigenvalue weighted by Gasteiger charge is -2.11. The van der Waals surface area contributed by atoms with Gasteiger partial charge in [0.15, 0.2) is 0 Å². The van der Waals surface area contributed by atoms with Gasteiger partial charge < -0.3 is 4.90 Å². The van der Waals surface area contributed by atoms with Crippen molar-refractivity contribution in [2.45, 2.75) is 12.7 Å². The van der Waals surface area contributed by atoms with Crippen molar-refractivity contribution < 1.29 is 18.0 Å². The van der Waals surface area contributed by atoms with Crippen molar-refractivity contribution in [2.24, 2.45) is 0 Å². The fraction of sp³-hybridized carbons (Fsp3) is 0.176. The fourth-order valence-electron chi connectivity index (χ4n) is 3.14. The lowest BCUT2D eigenvalue weighted by molar-refractivity contribution is -0.209. The van der Waals surface area contributed by atoms with Gasteiger partial charge in [-0.15, -0.1) is 13.2 Å². The highest BCUT2D eigenvalue weighted by atomic mass is 19.4. The second kappa shape index (κ2) is 4.83. The number of rotatable bonds is 1. The number of likely N-dealkylation sites (N-methyl/N-ethyl adjacent to an activating group) is 1. The lowest BCUT2D eigenvalue weighted by atomic mass is 9.99. The Morgan fingerprint density at radius 1 is 1.17 bits per heavy atom. The van der Waals surface area contributed by atoms with Crippen molar-refractivity contribution in [3.05, 3.63) is 48.2 Å². The molecular formula is C17H12F3N3O. The van der Waals surface area contributed by atoms with Gasteiger partial charge in [0.1, 0.15) is 0 Å². The molecule has 4 nitrogen and oxygen atoms in total. The Balaban J connectivity index is 1.88. The summed E-state index contributed by atoms with van der Waals surface area (Å²) >= 11 is 0. The molecule has 1 aliphatic heterocycles. The molecule has 0 saturated carbocycles. The van der Waals surface area contributed by atoms with Crippen LogP contribution in [0.3, 0.4) is 0 Å². The van der Waals surface area contributed by atoms with E-state index in [1.807, 2.05) is 18.2 Å². The van der Waals surface area contributed by atoms with Gasteiger partial charge in [-0.2, -0.15) is 9.78 Å². The molecule has 0 spiro atoms. The molecule has 0 N–H and O–H groups in total. The molecule has 24 heavy (non-hydrogen) atoms. The van der Waals surface area contributed by atoms with E-state index in [9.17, 15) is 18.0 Å². The van der Waals surface area contributed by atoms with Crippen molar-refractivity contribution in [1.29, 1.82) is 0 Å². The first-order valence-corrected chi connectivity index (χ1v) is 7.30. The first-order valence-electron chi connectivity index (χ1n) is 7.30. The molecule has 2 aromatic carbocycles. The van der Waals surface area contributed by atoms with Crippen LogP contribution in [0.4, 0.5) is 18.9 Å². The highest BCUT2D eigenvalue weighted by Crippen LogP contribution is 2.36. The Bertz CT molecular complexity index is 975. The molecule has 0 fully saturated rings. The highest BCUT2D eigenvalue weighted by Gasteiger charge is 2.33. The summed E-state index contributed by atoms with van der Waals surface area (Å²) < 4.78 is 39.1. The van der Waals surface area contributed by atoms with E-state index in [0.717, 1.165) is 16.8 Å². The number of anilines is 1. The smallest absolute Gasteiger partial charge is 0.315 e. The van der Waals surface area contributed by atoms with Gasteiger partial charge in [0.25, 0.3) is 0 Å². The topological polar surface area (TPSA) is 38.1 Å². The summed E-state index contributed by atoms with van der Waals surface area (Å²) in [6.07, 6.45) is -3.03. The fourth-order valence-corrected chi connectivity index (χ4v) is 3.14. The highest BCUT2D eigenvalue weighted by molar-refractivity contribution is 6.02. The molecule has 0 radical (unpaired) electrons. The van der Waals surface area contributed by atoms with Gasteiger partial charge in [-0.3, -0.25) is 4.79 Å². The number of hydrogen-bond acceptors (Lipinski definition) is 2. The predicted molar refractivity (Wildman–Crippen MR) is 83.6 cm³/mol. The summed E-state index contributed by atoms with van der Waals surface area (Å²) in [5, 5.41) is 3.90. The number of nitrogens with zero attached hydrogens (tertiary/aromatic N) is 3. The van der Waals surface area contributed by atoms with E-state index in [1.54, 1.807) is 24.1 Å². The number of amides is 1. The summed E-state index contributed by atoms with van der Waals surface area (Å²) in [7, 11) is 1.71. The summed E-state index contributed by atoms with van der Waals surface area (Å²) in [5.74, 6) is 0.00486. The zero-order chi connectivity index (χ0) is 17.1. The van der Waals surface area contributed by atoms with Crippen LogP contribution in [-0.2, 0) is 17.5 Å². The van der Waals surface area contributed by atoms with Crippen molar-refractivity contribution in [3.8, 4) is 11.1 Å². The van der Waals surface area contributed by atoms with E-state index in [0.29, 0.717) is 17.4 Å². The number of hydrogen-bond donors (Lipinski definition) is 0. The van der Waals surface area contributed by atoms with Gasteiger partial charge in [0.05, 0.1) is 18.1 Å². The van der Waals surface area contributed by atoms with Crippen molar-refractivity contribution >= 4 is 22.5 Å². The number of fused-ring (bicyclic) bond motifs is 2. The van der Waals surface area contributed by atoms with Gasteiger partial charge in [-0.1, -0.05) is 18.2 Å². The third kappa shape index (κ3) is 2.08. The summed E-state index contributed by atoms with van der Waals surface area (Å²) in [6.45, 7) is 0. The summed E-state index contributed by atoms with van der Waals surface area (Å²) in [5.41, 5.74) is 3.15. The number of alkyl halides is 3. The van der Waals surface area contributed by atoms with E-state index < -0.39 is 6.30 Å². The lowest BCUT2D eigenvalue weighted by Crippen LogP contribution is -2.20. The van der Waals surface area contributed by atoms with Crippen LogP contribution in [-0.4, -0.2) is 22.7 Å². The summed E-state index contributed by atoms with van der Waals surface area (Å²) in [4.78, 5) is 13.4. The SMILES string of the molecule is CN1C(=O)Cc2cc(-c3cccc4c3cnn4C(F)(F)F)ccc21. The first-order chi connectivity index (χ1) is 11.4. The number of benzene rings is 2. The van der Waals surface area contributed by atoms with Crippen molar-refractivity contribution in [3.63, 3.8) is 0 Å². The Morgan fingerprint density at radius 3 is 2.71 bits per heavy atom. The van der Waals surface area contributed by atoms with E-state index in [1.165, 1.54) is 12.3 Å². The number of carbonyl (C=O) groups excluding carboxylic acids is 1. The Labute approximate surface area is 135 Å². The molecule has 0 aliphatic carbocycles. The molecule has 0 bridgehead atoms. The third-order valence-electron chi connectivity index (χ3n) is 4.32. The quantitative estimate of drug-likeness (QED) is 0.682. The van der Waals surface area contributed by atoms with E-state index in [-0.39, 0.29) is 16.1 Å². The van der Waals surface area contributed by atoms with Crippen LogP contribution in [0.15, 0.2) is 42.6 Å². The van der Waals surface area contributed by atoms with Crippen LogP contribution in [0.1, 0.15) is 5.56 Å². The number of carbonyl (C=O) groups is 1. The Hall–Kier alpha value is -2.83. The van der Waals surface area contributed by atoms with Crippen LogP contribution < -0.4 is 4.90 Å². The van der Waals surface area contributed by atoms with Crippen LogP contribution >= 0.6 is 0 Å². The molecular weight excluding hydrogens is 319 g/mol. The molecule has 2 heterocycles. The minimum atomic E-state index is -4.56. The molecule has 1 aromatic heterocycles. The maximum absolute atomic E-state index is 13.0. The van der Waals surface area contributed by atoms with E-state index in [4.69, 9.17) is 0 Å². The molecule has 3 aromatic rings. The second-order valence-electron chi connectivity index (χ2n) is 5.74. The Morgan fingerprint density at radius 2 is 1.96 bits per heavy atom. The van der Waals surface area contributed by atoms with Gasteiger partial charge in [-0.25, -0.2) is 0 Å². The van der Waals surface area contributed by atoms with Gasteiger partial charge in [-0.05, 0) is 34.9 Å². The van der Waals surface area contributed by atoms with Crippen LogP contribution in [0.25, 0.3) is 22.0 Å². The zero-order valence-corrected chi connectivity index (χ0v) is 12.6. The van der Waals surface area contributed by atoms with Crippen LogP contribution in [0.2, 0.25) is 0 Å². The molecule has 0 unspecified atom stereocenters. The van der Waals surface area contributed by atoms with E-state index in [2.05, 4.69) is 5.10 Å². The molecule has 7 heteroatoms. The monoisotopic (exact) mass is 331 g/mol. The van der Waals surface area contributed by atoms with E-state index >= 15 is 0 Å². The van der Waals surface area contributed by atoms with Crippen molar-refractivity contribution in [1.82, 2.24) is 9.78 Å². The normalized spacial score (nSPS) is 14.5. The number of aromatic nitrogens is 2. The first kappa shape index (κ1) is 14.7. The van der Waals surface area contributed by atoms with Crippen LogP contribution in [0.5, 0.6) is 0 Å². The molecule has 1 aliphatic rings. The van der Waals surface area contributed by atoms with Gasteiger partial charge in [0, 0.05) is 18.1 Å². The third-order valence-corrected chi connectivity index (χ3v) is 4.32. The maximum Gasteiger partial charge on any atom is 0.505 e. The molecule has 0 atom stereocenters. The largest absolute Gasteiger partial charge is 0.505 e. The molecule has 1 amide bonds. The predicted octanol–water partition coefficient (Wildman–Crippen LogP) is 3.70.